The molecule has 1 saturated heterocycles. The highest BCUT2D eigenvalue weighted by molar-refractivity contribution is 5.95. The molecule has 0 radical (unpaired) electrons. The van der Waals surface area contributed by atoms with Gasteiger partial charge in [0.25, 0.3) is 11.6 Å². The topological polar surface area (TPSA) is 89.5 Å². The predicted molar refractivity (Wildman–Crippen MR) is 116 cm³/mol. The van der Waals surface area contributed by atoms with Gasteiger partial charge in [-0.15, -0.1) is 0 Å². The summed E-state index contributed by atoms with van der Waals surface area (Å²) in [6.45, 7) is 0.592. The van der Waals surface area contributed by atoms with E-state index in [0.29, 0.717) is 23.6 Å². The molecule has 31 heavy (non-hydrogen) atoms. The zero-order valence-electron chi connectivity index (χ0n) is 16.6. The molecular weight excluding hydrogens is 394 g/mol. The molecule has 3 aromatic carbocycles. The minimum absolute atomic E-state index is 0.0392. The van der Waals surface area contributed by atoms with E-state index >= 15 is 0 Å². The van der Waals surface area contributed by atoms with E-state index in [-0.39, 0.29) is 17.6 Å². The molecule has 1 aliphatic rings. The third-order valence-electron chi connectivity index (χ3n) is 5.64. The Bertz CT molecular complexity index is 1270. The molecule has 1 amide bonds. The summed E-state index contributed by atoms with van der Waals surface area (Å²) in [5, 5.41) is 10.9. The maximum absolute atomic E-state index is 13.1. The molecule has 154 valence electrons. The molecule has 1 aromatic heterocycles. The summed E-state index contributed by atoms with van der Waals surface area (Å²) in [6.07, 6.45) is 1.61. The molecule has 2 heterocycles. The van der Waals surface area contributed by atoms with Gasteiger partial charge in [-0.3, -0.25) is 14.9 Å². The zero-order valence-corrected chi connectivity index (χ0v) is 16.6. The number of benzene rings is 3. The fourth-order valence-corrected chi connectivity index (χ4v) is 4.06. The Balaban J connectivity index is 1.43. The number of nitrogens with zero attached hydrogens (tertiary/aromatic N) is 3. The molecule has 0 N–H and O–H groups in total. The zero-order chi connectivity index (χ0) is 21.4. The van der Waals surface area contributed by atoms with E-state index in [9.17, 15) is 14.9 Å². The lowest BCUT2D eigenvalue weighted by Gasteiger charge is -2.22. The number of non-ortho nitro benzene ring substituents is 1. The summed E-state index contributed by atoms with van der Waals surface area (Å²) in [5.74, 6) is 0.345. The van der Waals surface area contributed by atoms with Gasteiger partial charge in [-0.2, -0.15) is 0 Å². The van der Waals surface area contributed by atoms with Crippen LogP contribution in [0.15, 0.2) is 77.2 Å². The normalized spacial score (nSPS) is 16.0. The SMILES string of the molecule is O=C(c1ccc([N+](=O)[O-])cc1)N1CCC[C@@H]1c1nc2cc(-c3ccccc3)ccc2o1. The van der Waals surface area contributed by atoms with Crippen LogP contribution in [0.1, 0.15) is 35.1 Å². The Morgan fingerprint density at radius 2 is 1.81 bits per heavy atom. The molecule has 1 fully saturated rings. The van der Waals surface area contributed by atoms with Crippen molar-refractivity contribution in [2.45, 2.75) is 18.9 Å². The van der Waals surface area contributed by atoms with Crippen LogP contribution in [0.2, 0.25) is 0 Å². The molecule has 0 saturated carbocycles. The minimum atomic E-state index is -0.477. The number of likely N-dealkylation sites (tertiary alicyclic amines) is 1. The standard InChI is InChI=1S/C24H19N3O4/c28-24(17-8-11-19(12-9-17)27(29)30)26-14-4-7-21(26)23-25-20-15-18(10-13-22(20)31-23)16-5-2-1-3-6-16/h1-3,5-6,8-13,15,21H,4,7,14H2/t21-/m1/s1. The van der Waals surface area contributed by atoms with Crippen molar-refractivity contribution in [3.05, 3.63) is 94.4 Å². The number of hydrogen-bond donors (Lipinski definition) is 0. The number of oxazole rings is 1. The van der Waals surface area contributed by atoms with Gasteiger partial charge in [-0.1, -0.05) is 36.4 Å². The Morgan fingerprint density at radius 3 is 2.55 bits per heavy atom. The van der Waals surface area contributed by atoms with E-state index in [4.69, 9.17) is 9.40 Å². The largest absolute Gasteiger partial charge is 0.438 e. The van der Waals surface area contributed by atoms with E-state index in [0.717, 1.165) is 29.5 Å². The lowest BCUT2D eigenvalue weighted by molar-refractivity contribution is -0.384. The predicted octanol–water partition coefficient (Wildman–Crippen LogP) is 5.38. The molecule has 0 spiro atoms. The van der Waals surface area contributed by atoms with E-state index in [1.54, 1.807) is 4.90 Å². The second kappa shape index (κ2) is 7.68. The van der Waals surface area contributed by atoms with Crippen molar-refractivity contribution < 1.29 is 14.1 Å². The van der Waals surface area contributed by atoms with Gasteiger partial charge in [0.15, 0.2) is 5.58 Å². The second-order valence-corrected chi connectivity index (χ2v) is 7.56. The number of amides is 1. The average Bonchev–Trinajstić information content (AvgIpc) is 3.45. The number of hydrogen-bond acceptors (Lipinski definition) is 5. The Hall–Kier alpha value is -4.00. The van der Waals surface area contributed by atoms with Crippen LogP contribution in [0.3, 0.4) is 0 Å². The Labute approximate surface area is 178 Å². The summed E-state index contributed by atoms with van der Waals surface area (Å²) < 4.78 is 6.02. The van der Waals surface area contributed by atoms with Crippen molar-refractivity contribution in [1.82, 2.24) is 9.88 Å². The molecule has 1 atom stereocenters. The van der Waals surface area contributed by atoms with Crippen LogP contribution in [0.4, 0.5) is 5.69 Å². The lowest BCUT2D eigenvalue weighted by atomic mass is 10.1. The number of rotatable bonds is 4. The first-order valence-electron chi connectivity index (χ1n) is 10.1. The third-order valence-corrected chi connectivity index (χ3v) is 5.64. The Morgan fingerprint density at radius 1 is 1.03 bits per heavy atom. The van der Waals surface area contributed by atoms with Crippen LogP contribution < -0.4 is 0 Å². The summed E-state index contributed by atoms with van der Waals surface area (Å²) >= 11 is 0. The van der Waals surface area contributed by atoms with Crippen LogP contribution in [0, 0.1) is 10.1 Å². The molecule has 7 nitrogen and oxygen atoms in total. The van der Waals surface area contributed by atoms with Crippen molar-refractivity contribution >= 4 is 22.7 Å². The maximum Gasteiger partial charge on any atom is 0.269 e. The van der Waals surface area contributed by atoms with Crippen LogP contribution in [-0.4, -0.2) is 27.3 Å². The van der Waals surface area contributed by atoms with Crippen molar-refractivity contribution in [2.75, 3.05) is 6.54 Å². The highest BCUT2D eigenvalue weighted by Gasteiger charge is 2.34. The molecule has 0 aliphatic carbocycles. The summed E-state index contributed by atoms with van der Waals surface area (Å²) in [4.78, 5) is 29.9. The van der Waals surface area contributed by atoms with Gasteiger partial charge in [0.05, 0.1) is 4.92 Å². The molecule has 0 unspecified atom stereocenters. The lowest BCUT2D eigenvalue weighted by Crippen LogP contribution is -2.30. The molecular formula is C24H19N3O4. The third kappa shape index (κ3) is 3.54. The van der Waals surface area contributed by atoms with Crippen LogP contribution in [0.5, 0.6) is 0 Å². The molecule has 5 rings (SSSR count). The molecule has 7 heteroatoms. The molecule has 0 bridgehead atoms. The summed E-state index contributed by atoms with van der Waals surface area (Å²) in [7, 11) is 0. The van der Waals surface area contributed by atoms with Gasteiger partial charge >= 0.3 is 0 Å². The van der Waals surface area contributed by atoms with Gasteiger partial charge in [0.2, 0.25) is 5.89 Å². The summed E-state index contributed by atoms with van der Waals surface area (Å²) in [6, 6.07) is 21.4. The van der Waals surface area contributed by atoms with Crippen LogP contribution in [0.25, 0.3) is 22.2 Å². The number of carbonyl (C=O) groups excluding carboxylic acids is 1. The number of fused-ring (bicyclic) bond motifs is 1. The quantitative estimate of drug-likeness (QED) is 0.331. The molecule has 4 aromatic rings. The highest BCUT2D eigenvalue weighted by Crippen LogP contribution is 2.35. The van der Waals surface area contributed by atoms with Crippen molar-refractivity contribution in [1.29, 1.82) is 0 Å². The van der Waals surface area contributed by atoms with Gasteiger partial charge in [0.1, 0.15) is 11.6 Å². The highest BCUT2D eigenvalue weighted by atomic mass is 16.6. The second-order valence-electron chi connectivity index (χ2n) is 7.56. The van der Waals surface area contributed by atoms with Crippen molar-refractivity contribution in [2.24, 2.45) is 0 Å². The fraction of sp³-hybridized carbons (Fsp3) is 0.167. The molecule has 1 aliphatic heterocycles. The number of nitro groups is 1. The first-order valence-corrected chi connectivity index (χ1v) is 10.1. The summed E-state index contributed by atoms with van der Waals surface area (Å²) in [5.41, 5.74) is 3.97. The van der Waals surface area contributed by atoms with Gasteiger partial charge < -0.3 is 9.32 Å². The van der Waals surface area contributed by atoms with E-state index < -0.39 is 4.92 Å². The van der Waals surface area contributed by atoms with Gasteiger partial charge in [-0.05, 0) is 48.2 Å². The monoisotopic (exact) mass is 413 g/mol. The van der Waals surface area contributed by atoms with Gasteiger partial charge in [-0.25, -0.2) is 4.98 Å². The van der Waals surface area contributed by atoms with Crippen LogP contribution >= 0.6 is 0 Å². The van der Waals surface area contributed by atoms with Crippen molar-refractivity contribution in [3.63, 3.8) is 0 Å². The van der Waals surface area contributed by atoms with Gasteiger partial charge in [0, 0.05) is 24.2 Å². The smallest absolute Gasteiger partial charge is 0.269 e. The number of carbonyl (C=O) groups is 1. The van der Waals surface area contributed by atoms with Crippen molar-refractivity contribution in [3.8, 4) is 11.1 Å². The average molecular weight is 413 g/mol. The number of aromatic nitrogens is 1. The Kier molecular flexibility index (Phi) is 4.71. The van der Waals surface area contributed by atoms with Crippen LogP contribution in [-0.2, 0) is 0 Å². The van der Waals surface area contributed by atoms with E-state index in [1.165, 1.54) is 24.3 Å². The van der Waals surface area contributed by atoms with E-state index in [1.807, 2.05) is 48.5 Å². The van der Waals surface area contributed by atoms with E-state index in [2.05, 4.69) is 0 Å². The maximum atomic E-state index is 13.1. The first-order chi connectivity index (χ1) is 15.1. The fourth-order valence-electron chi connectivity index (χ4n) is 4.06. The minimum Gasteiger partial charge on any atom is -0.438 e. The first kappa shape index (κ1) is 19.0. The number of nitro benzene ring substituents is 1.